The predicted molar refractivity (Wildman–Crippen MR) is 73.0 cm³/mol. The molecule has 0 spiro atoms. The summed E-state index contributed by atoms with van der Waals surface area (Å²) >= 11 is 5.99. The van der Waals surface area contributed by atoms with E-state index < -0.39 is 0 Å². The van der Waals surface area contributed by atoms with Gasteiger partial charge in [0, 0.05) is 18.2 Å². The van der Waals surface area contributed by atoms with Crippen LogP contribution in [0.25, 0.3) is 5.82 Å². The molecular weight excluding hydrogens is 267 g/mol. The molecule has 0 aliphatic carbocycles. The molecule has 2 aromatic rings. The summed E-state index contributed by atoms with van der Waals surface area (Å²) in [6.45, 7) is 6.39. The van der Waals surface area contributed by atoms with E-state index in [0.717, 1.165) is 11.3 Å². The Kier molecular flexibility index (Phi) is 4.17. The van der Waals surface area contributed by atoms with Crippen LogP contribution >= 0.6 is 11.6 Å². The molecule has 102 valence electrons. The number of halogens is 2. The molecule has 1 N–H and O–H groups in total. The van der Waals surface area contributed by atoms with Crippen molar-refractivity contribution in [3.8, 4) is 5.82 Å². The van der Waals surface area contributed by atoms with Gasteiger partial charge in [0.25, 0.3) is 0 Å². The number of pyridine rings is 1. The SMILES string of the molecule is Cc1nn(-c2ncc(F)cc2CNC(C)C)cc1Cl. The van der Waals surface area contributed by atoms with Crippen molar-refractivity contribution in [2.45, 2.75) is 33.4 Å². The number of nitrogens with zero attached hydrogens (tertiary/aromatic N) is 3. The van der Waals surface area contributed by atoms with E-state index in [1.807, 2.05) is 20.8 Å². The Hall–Kier alpha value is -1.46. The van der Waals surface area contributed by atoms with Gasteiger partial charge in [-0.25, -0.2) is 14.1 Å². The largest absolute Gasteiger partial charge is 0.310 e. The molecule has 2 rings (SSSR count). The normalized spacial score (nSPS) is 11.3. The number of rotatable bonds is 4. The van der Waals surface area contributed by atoms with Crippen LogP contribution in [-0.4, -0.2) is 20.8 Å². The fraction of sp³-hybridized carbons (Fsp3) is 0.385. The maximum Gasteiger partial charge on any atom is 0.158 e. The van der Waals surface area contributed by atoms with E-state index in [9.17, 15) is 4.39 Å². The second-order valence-electron chi connectivity index (χ2n) is 4.68. The van der Waals surface area contributed by atoms with Crippen molar-refractivity contribution in [2.24, 2.45) is 0 Å². The van der Waals surface area contributed by atoms with E-state index in [1.165, 1.54) is 12.3 Å². The lowest BCUT2D eigenvalue weighted by Crippen LogP contribution is -2.23. The Bertz CT molecular complexity index is 561. The number of hydrogen-bond acceptors (Lipinski definition) is 3. The average Bonchev–Trinajstić information content (AvgIpc) is 2.67. The molecule has 6 heteroatoms. The molecule has 0 radical (unpaired) electrons. The minimum Gasteiger partial charge on any atom is -0.310 e. The van der Waals surface area contributed by atoms with Gasteiger partial charge in [-0.2, -0.15) is 5.10 Å². The minimum atomic E-state index is -0.362. The van der Waals surface area contributed by atoms with Crippen molar-refractivity contribution in [1.82, 2.24) is 20.1 Å². The highest BCUT2D eigenvalue weighted by molar-refractivity contribution is 6.31. The van der Waals surface area contributed by atoms with Gasteiger partial charge in [-0.15, -0.1) is 0 Å². The Morgan fingerprint density at radius 3 is 2.79 bits per heavy atom. The molecular formula is C13H16ClFN4. The molecule has 4 nitrogen and oxygen atoms in total. The molecule has 0 saturated heterocycles. The second-order valence-corrected chi connectivity index (χ2v) is 5.09. The first-order valence-corrected chi connectivity index (χ1v) is 6.45. The van der Waals surface area contributed by atoms with Crippen LogP contribution in [-0.2, 0) is 6.54 Å². The quantitative estimate of drug-likeness (QED) is 0.938. The first-order chi connectivity index (χ1) is 8.97. The molecule has 2 heterocycles. The van der Waals surface area contributed by atoms with E-state index in [0.29, 0.717) is 23.4 Å². The number of aryl methyl sites for hydroxylation is 1. The smallest absolute Gasteiger partial charge is 0.158 e. The first-order valence-electron chi connectivity index (χ1n) is 6.07. The van der Waals surface area contributed by atoms with Gasteiger partial charge < -0.3 is 5.32 Å². The van der Waals surface area contributed by atoms with Crippen LogP contribution in [0.2, 0.25) is 5.02 Å². The van der Waals surface area contributed by atoms with E-state index >= 15 is 0 Å². The number of nitrogens with one attached hydrogen (secondary N) is 1. The van der Waals surface area contributed by atoms with Crippen molar-refractivity contribution >= 4 is 11.6 Å². The molecule has 2 aromatic heterocycles. The molecule has 0 aliphatic heterocycles. The van der Waals surface area contributed by atoms with Crippen LogP contribution in [0.1, 0.15) is 25.1 Å². The molecule has 0 fully saturated rings. The highest BCUT2D eigenvalue weighted by atomic mass is 35.5. The number of aromatic nitrogens is 3. The summed E-state index contributed by atoms with van der Waals surface area (Å²) in [5, 5.41) is 8.07. The zero-order valence-corrected chi connectivity index (χ0v) is 11.9. The van der Waals surface area contributed by atoms with Crippen LogP contribution in [0.3, 0.4) is 0 Å². The first kappa shape index (κ1) is 14.0. The third-order valence-corrected chi connectivity index (χ3v) is 3.04. The van der Waals surface area contributed by atoms with Gasteiger partial charge >= 0.3 is 0 Å². The third kappa shape index (κ3) is 3.30. The maximum absolute atomic E-state index is 13.3. The fourth-order valence-electron chi connectivity index (χ4n) is 1.67. The Morgan fingerprint density at radius 1 is 1.47 bits per heavy atom. The zero-order valence-electron chi connectivity index (χ0n) is 11.1. The maximum atomic E-state index is 13.3. The van der Waals surface area contributed by atoms with Crippen LogP contribution in [0.5, 0.6) is 0 Å². The van der Waals surface area contributed by atoms with Crippen molar-refractivity contribution < 1.29 is 4.39 Å². The standard InChI is InChI=1S/C13H16ClFN4/c1-8(2)16-5-10-4-11(15)6-17-13(10)19-7-12(14)9(3)18-19/h4,6-8,16H,5H2,1-3H3. The van der Waals surface area contributed by atoms with Gasteiger partial charge in [-0.1, -0.05) is 25.4 Å². The molecule has 19 heavy (non-hydrogen) atoms. The third-order valence-electron chi connectivity index (χ3n) is 2.67. The van der Waals surface area contributed by atoms with E-state index in [1.54, 1.807) is 10.9 Å². The molecule has 0 saturated carbocycles. The highest BCUT2D eigenvalue weighted by Gasteiger charge is 2.11. The fourth-order valence-corrected chi connectivity index (χ4v) is 1.80. The monoisotopic (exact) mass is 282 g/mol. The lowest BCUT2D eigenvalue weighted by Gasteiger charge is -2.11. The molecule has 0 atom stereocenters. The summed E-state index contributed by atoms with van der Waals surface area (Å²) in [5.41, 5.74) is 1.46. The topological polar surface area (TPSA) is 42.7 Å². The molecule has 0 amide bonds. The molecule has 0 aromatic carbocycles. The van der Waals surface area contributed by atoms with Crippen LogP contribution < -0.4 is 5.32 Å². The average molecular weight is 283 g/mol. The summed E-state index contributed by atoms with van der Waals surface area (Å²) < 4.78 is 14.9. The van der Waals surface area contributed by atoms with Crippen molar-refractivity contribution in [2.75, 3.05) is 0 Å². The van der Waals surface area contributed by atoms with Crippen LogP contribution in [0, 0.1) is 12.7 Å². The van der Waals surface area contributed by atoms with Crippen molar-refractivity contribution in [3.63, 3.8) is 0 Å². The second kappa shape index (κ2) is 5.67. The Labute approximate surface area is 116 Å². The predicted octanol–water partition coefficient (Wildman–Crippen LogP) is 2.87. The zero-order chi connectivity index (χ0) is 14.0. The van der Waals surface area contributed by atoms with Crippen molar-refractivity contribution in [3.05, 3.63) is 40.6 Å². The van der Waals surface area contributed by atoms with E-state index in [2.05, 4.69) is 15.4 Å². The van der Waals surface area contributed by atoms with Gasteiger partial charge in [0.15, 0.2) is 5.82 Å². The van der Waals surface area contributed by atoms with Gasteiger partial charge in [0.1, 0.15) is 5.82 Å². The van der Waals surface area contributed by atoms with Crippen molar-refractivity contribution in [1.29, 1.82) is 0 Å². The molecule has 0 bridgehead atoms. The summed E-state index contributed by atoms with van der Waals surface area (Å²) in [6.07, 6.45) is 2.86. The Balaban J connectivity index is 2.38. The lowest BCUT2D eigenvalue weighted by molar-refractivity contribution is 0.574. The summed E-state index contributed by atoms with van der Waals surface area (Å²) in [7, 11) is 0. The summed E-state index contributed by atoms with van der Waals surface area (Å²) in [6, 6.07) is 1.77. The van der Waals surface area contributed by atoms with Gasteiger partial charge in [-0.3, -0.25) is 0 Å². The minimum absolute atomic E-state index is 0.305. The lowest BCUT2D eigenvalue weighted by atomic mass is 10.2. The van der Waals surface area contributed by atoms with Gasteiger partial charge in [-0.05, 0) is 13.0 Å². The molecule has 0 unspecified atom stereocenters. The summed E-state index contributed by atoms with van der Waals surface area (Å²) in [4.78, 5) is 4.11. The van der Waals surface area contributed by atoms with E-state index in [4.69, 9.17) is 11.6 Å². The highest BCUT2D eigenvalue weighted by Crippen LogP contribution is 2.18. The van der Waals surface area contributed by atoms with Crippen LogP contribution in [0.4, 0.5) is 4.39 Å². The van der Waals surface area contributed by atoms with Crippen LogP contribution in [0.15, 0.2) is 18.5 Å². The summed E-state index contributed by atoms with van der Waals surface area (Å²) in [5.74, 6) is 0.226. The van der Waals surface area contributed by atoms with E-state index in [-0.39, 0.29) is 5.82 Å². The van der Waals surface area contributed by atoms with Gasteiger partial charge in [0.2, 0.25) is 0 Å². The number of hydrogen-bond donors (Lipinski definition) is 1. The Morgan fingerprint density at radius 2 is 2.21 bits per heavy atom. The van der Waals surface area contributed by atoms with Gasteiger partial charge in [0.05, 0.1) is 23.1 Å². The molecule has 0 aliphatic rings.